The van der Waals surface area contributed by atoms with Crippen molar-refractivity contribution in [1.82, 2.24) is 4.90 Å². The molecule has 2 N–H and O–H groups in total. The van der Waals surface area contributed by atoms with Gasteiger partial charge >= 0.3 is 0 Å². The highest BCUT2D eigenvalue weighted by atomic mass is 35.5. The van der Waals surface area contributed by atoms with Gasteiger partial charge in [0, 0.05) is 28.1 Å². The Kier molecular flexibility index (Phi) is 4.13. The molecule has 3 rings (SSSR count). The molecule has 4 nitrogen and oxygen atoms in total. The van der Waals surface area contributed by atoms with Crippen LogP contribution in [0.5, 0.6) is 0 Å². The van der Waals surface area contributed by atoms with E-state index in [2.05, 4.69) is 0 Å². The Morgan fingerprint density at radius 3 is 2.62 bits per heavy atom. The summed E-state index contributed by atoms with van der Waals surface area (Å²) in [5, 5.41) is 0.208. The average Bonchev–Trinajstić information content (AvgIpc) is 3.02. The van der Waals surface area contributed by atoms with Gasteiger partial charge < -0.3 is 5.73 Å². The Balaban J connectivity index is 1.75. The molecule has 0 radical (unpaired) electrons. The first-order chi connectivity index (χ1) is 10.1. The van der Waals surface area contributed by atoms with Gasteiger partial charge in [0.2, 0.25) is 11.8 Å². The first kappa shape index (κ1) is 14.7. The summed E-state index contributed by atoms with van der Waals surface area (Å²) in [5.41, 5.74) is 6.47. The van der Waals surface area contributed by atoms with E-state index in [-0.39, 0.29) is 29.5 Å². The highest BCUT2D eigenvalue weighted by Crippen LogP contribution is 2.38. The standard InChI is InChI=1S/C15H17ClN2O2S/c16-9-5-6-12(11(17)7-9)21-13-8-14(19)18(15(13)20)10-3-1-2-4-10/h5-7,10,13H,1-4,8,17H2. The summed E-state index contributed by atoms with van der Waals surface area (Å²) in [7, 11) is 0. The highest BCUT2D eigenvalue weighted by molar-refractivity contribution is 8.00. The first-order valence-corrected chi connectivity index (χ1v) is 8.39. The van der Waals surface area contributed by atoms with Gasteiger partial charge in [-0.1, -0.05) is 24.4 Å². The van der Waals surface area contributed by atoms with Crippen LogP contribution in [-0.2, 0) is 9.59 Å². The van der Waals surface area contributed by atoms with Crippen LogP contribution in [-0.4, -0.2) is 28.0 Å². The normalized spacial score (nSPS) is 23.3. The molecule has 1 aliphatic carbocycles. The van der Waals surface area contributed by atoms with E-state index in [0.717, 1.165) is 30.6 Å². The van der Waals surface area contributed by atoms with Crippen LogP contribution in [0.1, 0.15) is 32.1 Å². The number of imide groups is 1. The molecular formula is C15H17ClN2O2S. The molecule has 6 heteroatoms. The van der Waals surface area contributed by atoms with Crippen LogP contribution in [0.15, 0.2) is 23.1 Å². The lowest BCUT2D eigenvalue weighted by Crippen LogP contribution is -2.39. The lowest BCUT2D eigenvalue weighted by atomic mass is 10.2. The van der Waals surface area contributed by atoms with Crippen LogP contribution < -0.4 is 5.73 Å². The predicted molar refractivity (Wildman–Crippen MR) is 84.2 cm³/mol. The van der Waals surface area contributed by atoms with E-state index in [1.807, 2.05) is 0 Å². The second-order valence-electron chi connectivity index (χ2n) is 5.53. The topological polar surface area (TPSA) is 63.4 Å². The molecule has 112 valence electrons. The van der Waals surface area contributed by atoms with Gasteiger partial charge in [-0.15, -0.1) is 11.8 Å². The number of benzene rings is 1. The number of hydrogen-bond acceptors (Lipinski definition) is 4. The maximum Gasteiger partial charge on any atom is 0.243 e. The number of hydrogen-bond donors (Lipinski definition) is 1. The maximum absolute atomic E-state index is 12.5. The van der Waals surface area contributed by atoms with Crippen molar-refractivity contribution in [3.63, 3.8) is 0 Å². The number of halogens is 1. The number of likely N-dealkylation sites (tertiary alicyclic amines) is 1. The van der Waals surface area contributed by atoms with Crippen LogP contribution in [0, 0.1) is 0 Å². The second-order valence-corrected chi connectivity index (χ2v) is 7.21. The van der Waals surface area contributed by atoms with Gasteiger partial charge in [-0.2, -0.15) is 0 Å². The summed E-state index contributed by atoms with van der Waals surface area (Å²) in [5.74, 6) is -0.108. The summed E-state index contributed by atoms with van der Waals surface area (Å²) < 4.78 is 0. The van der Waals surface area contributed by atoms with Gasteiger partial charge in [-0.05, 0) is 31.0 Å². The van der Waals surface area contributed by atoms with Crippen LogP contribution >= 0.6 is 23.4 Å². The molecule has 2 aliphatic rings. The summed E-state index contributed by atoms with van der Waals surface area (Å²) in [4.78, 5) is 27.0. The molecule has 0 bridgehead atoms. The third-order valence-electron chi connectivity index (χ3n) is 4.07. The number of nitrogens with two attached hydrogens (primary N) is 1. The van der Waals surface area contributed by atoms with Crippen molar-refractivity contribution in [2.24, 2.45) is 0 Å². The Morgan fingerprint density at radius 2 is 1.95 bits per heavy atom. The third kappa shape index (κ3) is 2.90. The zero-order valence-electron chi connectivity index (χ0n) is 11.5. The summed E-state index contributed by atoms with van der Waals surface area (Å²) in [6.45, 7) is 0. The molecule has 1 aromatic carbocycles. The number of amides is 2. The van der Waals surface area contributed by atoms with Gasteiger partial charge in [0.15, 0.2) is 0 Å². The number of carbonyl (C=O) groups excluding carboxylic acids is 2. The zero-order chi connectivity index (χ0) is 15.0. The fourth-order valence-electron chi connectivity index (χ4n) is 3.04. The largest absolute Gasteiger partial charge is 0.398 e. The van der Waals surface area contributed by atoms with Gasteiger partial charge in [-0.25, -0.2) is 0 Å². The minimum absolute atomic E-state index is 0.0445. The number of thioether (sulfide) groups is 1. The molecule has 1 aliphatic heterocycles. The van der Waals surface area contributed by atoms with E-state index in [4.69, 9.17) is 17.3 Å². The minimum Gasteiger partial charge on any atom is -0.398 e. The van der Waals surface area contributed by atoms with Crippen LogP contribution in [0.4, 0.5) is 5.69 Å². The van der Waals surface area contributed by atoms with Crippen molar-refractivity contribution in [1.29, 1.82) is 0 Å². The lowest BCUT2D eigenvalue weighted by molar-refractivity contribution is -0.140. The molecule has 2 fully saturated rings. The van der Waals surface area contributed by atoms with E-state index >= 15 is 0 Å². The predicted octanol–water partition coefficient (Wildman–Crippen LogP) is 3.08. The summed E-state index contributed by atoms with van der Waals surface area (Å²) in [6.07, 6.45) is 4.35. The fraction of sp³-hybridized carbons (Fsp3) is 0.467. The fourth-order valence-corrected chi connectivity index (χ4v) is 4.31. The van der Waals surface area contributed by atoms with Crippen molar-refractivity contribution in [3.05, 3.63) is 23.2 Å². The Morgan fingerprint density at radius 1 is 1.24 bits per heavy atom. The molecule has 1 heterocycles. The van der Waals surface area contributed by atoms with Crippen LogP contribution in [0.25, 0.3) is 0 Å². The lowest BCUT2D eigenvalue weighted by Gasteiger charge is -2.22. The van der Waals surface area contributed by atoms with Crippen molar-refractivity contribution < 1.29 is 9.59 Å². The molecule has 0 spiro atoms. The van der Waals surface area contributed by atoms with Gasteiger partial charge in [0.1, 0.15) is 0 Å². The molecule has 1 atom stereocenters. The Bertz CT molecular complexity index is 587. The number of nitrogens with zero attached hydrogens (tertiary/aromatic N) is 1. The number of rotatable bonds is 3. The quantitative estimate of drug-likeness (QED) is 0.685. The molecule has 21 heavy (non-hydrogen) atoms. The van der Waals surface area contributed by atoms with Gasteiger partial charge in [0.25, 0.3) is 0 Å². The van der Waals surface area contributed by atoms with Crippen molar-refractivity contribution in [3.8, 4) is 0 Å². The van der Waals surface area contributed by atoms with Crippen molar-refractivity contribution in [2.45, 2.75) is 48.3 Å². The monoisotopic (exact) mass is 324 g/mol. The summed E-state index contributed by atoms with van der Waals surface area (Å²) in [6, 6.07) is 5.33. The van der Waals surface area contributed by atoms with E-state index < -0.39 is 0 Å². The number of carbonyl (C=O) groups is 2. The molecule has 1 saturated heterocycles. The van der Waals surface area contributed by atoms with Gasteiger partial charge in [-0.3, -0.25) is 14.5 Å². The molecule has 1 unspecified atom stereocenters. The van der Waals surface area contributed by atoms with E-state index in [0.29, 0.717) is 10.7 Å². The Hall–Kier alpha value is -1.20. The second kappa shape index (κ2) is 5.89. The first-order valence-electron chi connectivity index (χ1n) is 7.14. The maximum atomic E-state index is 12.5. The number of anilines is 1. The SMILES string of the molecule is Nc1cc(Cl)ccc1SC1CC(=O)N(C2CCCC2)C1=O. The van der Waals surface area contributed by atoms with E-state index in [1.54, 1.807) is 18.2 Å². The van der Waals surface area contributed by atoms with Crippen molar-refractivity contribution in [2.75, 3.05) is 5.73 Å². The van der Waals surface area contributed by atoms with Crippen LogP contribution in [0.3, 0.4) is 0 Å². The minimum atomic E-state index is -0.360. The molecular weight excluding hydrogens is 308 g/mol. The highest BCUT2D eigenvalue weighted by Gasteiger charge is 2.43. The van der Waals surface area contributed by atoms with E-state index in [9.17, 15) is 9.59 Å². The Labute approximate surface area is 133 Å². The molecule has 0 aromatic heterocycles. The number of nitrogen functional groups attached to an aromatic ring is 1. The third-order valence-corrected chi connectivity index (χ3v) is 5.59. The summed E-state index contributed by atoms with van der Waals surface area (Å²) >= 11 is 7.24. The average molecular weight is 325 g/mol. The molecule has 2 amide bonds. The van der Waals surface area contributed by atoms with Crippen molar-refractivity contribution >= 4 is 40.9 Å². The molecule has 1 aromatic rings. The van der Waals surface area contributed by atoms with Crippen LogP contribution in [0.2, 0.25) is 5.02 Å². The zero-order valence-corrected chi connectivity index (χ0v) is 13.1. The smallest absolute Gasteiger partial charge is 0.243 e. The molecule has 1 saturated carbocycles. The van der Waals surface area contributed by atoms with Gasteiger partial charge in [0.05, 0.1) is 5.25 Å². The van der Waals surface area contributed by atoms with E-state index in [1.165, 1.54) is 16.7 Å².